The molecule has 9 heteroatoms. The normalized spacial score (nSPS) is 15.0. The van der Waals surface area contributed by atoms with Gasteiger partial charge in [-0.2, -0.15) is 4.98 Å². The summed E-state index contributed by atoms with van der Waals surface area (Å²) in [6.07, 6.45) is 0.730. The summed E-state index contributed by atoms with van der Waals surface area (Å²) in [7, 11) is 0. The zero-order valence-corrected chi connectivity index (χ0v) is 20.6. The van der Waals surface area contributed by atoms with Crippen LogP contribution in [0, 0.1) is 0 Å². The summed E-state index contributed by atoms with van der Waals surface area (Å²) in [5, 5.41) is 12.1. The maximum atomic E-state index is 10.7. The molecule has 188 valence electrons. The third-order valence-corrected chi connectivity index (χ3v) is 5.57. The second-order valence-corrected chi connectivity index (χ2v) is 9.36. The van der Waals surface area contributed by atoms with E-state index in [1.54, 1.807) is 12.1 Å². The van der Waals surface area contributed by atoms with Crippen molar-refractivity contribution in [3.05, 3.63) is 42.0 Å². The van der Waals surface area contributed by atoms with Gasteiger partial charge in [0.2, 0.25) is 0 Å². The first-order valence-corrected chi connectivity index (χ1v) is 12.0. The maximum Gasteiger partial charge on any atom is 0.511 e. The zero-order chi connectivity index (χ0) is 24.9. The van der Waals surface area contributed by atoms with Crippen molar-refractivity contribution in [3.63, 3.8) is 0 Å². The van der Waals surface area contributed by atoms with Crippen LogP contribution in [0.5, 0.6) is 17.2 Å². The summed E-state index contributed by atoms with van der Waals surface area (Å²) < 4.78 is 22.3. The van der Waals surface area contributed by atoms with Crippen molar-refractivity contribution < 1.29 is 28.5 Å². The molecule has 0 bridgehead atoms. The number of carbonyl (C=O) groups is 1. The standard InChI is InChI=1S/C26H33N3O6/c1-16(2)32-21-11-18(12-22(13-21)33-17(3)4)15-29-9-7-19(8-10-29)27-25-28-23-6-5-20(34-26(30)31)14-24(23)35-25/h5-6,11-14,16-17,19H,7-10,15H2,1-4H3,(H,27,28)(H,30,31). The number of anilines is 1. The van der Waals surface area contributed by atoms with E-state index in [9.17, 15) is 4.79 Å². The van der Waals surface area contributed by atoms with Crippen LogP contribution >= 0.6 is 0 Å². The lowest BCUT2D eigenvalue weighted by Crippen LogP contribution is -2.38. The van der Waals surface area contributed by atoms with Crippen molar-refractivity contribution in [1.29, 1.82) is 0 Å². The molecule has 1 aliphatic rings. The summed E-state index contributed by atoms with van der Waals surface area (Å²) in [5.41, 5.74) is 2.29. The lowest BCUT2D eigenvalue weighted by atomic mass is 10.0. The van der Waals surface area contributed by atoms with E-state index in [1.807, 2.05) is 33.8 Å². The number of rotatable bonds is 9. The second-order valence-electron chi connectivity index (χ2n) is 9.36. The molecule has 35 heavy (non-hydrogen) atoms. The molecule has 0 amide bonds. The number of carboxylic acid groups (broad SMARTS) is 1. The van der Waals surface area contributed by atoms with E-state index in [2.05, 4.69) is 32.1 Å². The van der Waals surface area contributed by atoms with Gasteiger partial charge in [0.05, 0.1) is 12.2 Å². The van der Waals surface area contributed by atoms with Crippen LogP contribution in [0.3, 0.4) is 0 Å². The molecular weight excluding hydrogens is 450 g/mol. The molecule has 1 saturated heterocycles. The van der Waals surface area contributed by atoms with Crippen molar-refractivity contribution in [3.8, 4) is 17.2 Å². The van der Waals surface area contributed by atoms with Crippen LogP contribution in [0.15, 0.2) is 40.8 Å². The second kappa shape index (κ2) is 10.9. The molecular formula is C26H33N3O6. The number of benzene rings is 2. The highest BCUT2D eigenvalue weighted by Gasteiger charge is 2.21. The van der Waals surface area contributed by atoms with E-state index < -0.39 is 6.16 Å². The molecule has 4 rings (SSSR count). The average Bonchev–Trinajstić information content (AvgIpc) is 3.15. The first kappa shape index (κ1) is 24.7. The van der Waals surface area contributed by atoms with Gasteiger partial charge in [0.25, 0.3) is 6.01 Å². The van der Waals surface area contributed by atoms with Gasteiger partial charge in [-0.05, 0) is 70.4 Å². The van der Waals surface area contributed by atoms with E-state index in [-0.39, 0.29) is 24.0 Å². The summed E-state index contributed by atoms with van der Waals surface area (Å²) in [6.45, 7) is 10.8. The van der Waals surface area contributed by atoms with Gasteiger partial charge in [-0.15, -0.1) is 0 Å². The zero-order valence-electron chi connectivity index (χ0n) is 20.6. The van der Waals surface area contributed by atoms with Crippen LogP contribution in [0.2, 0.25) is 0 Å². The average molecular weight is 484 g/mol. The van der Waals surface area contributed by atoms with E-state index in [1.165, 1.54) is 11.6 Å². The summed E-state index contributed by atoms with van der Waals surface area (Å²) in [5.74, 6) is 1.86. The molecule has 0 aliphatic carbocycles. The Kier molecular flexibility index (Phi) is 7.65. The van der Waals surface area contributed by atoms with Crippen molar-refractivity contribution in [2.45, 2.75) is 65.3 Å². The summed E-state index contributed by atoms with van der Waals surface area (Å²) >= 11 is 0. The van der Waals surface area contributed by atoms with Gasteiger partial charge in [0, 0.05) is 37.8 Å². The Balaban J connectivity index is 1.34. The summed E-state index contributed by atoms with van der Waals surface area (Å²) in [6, 6.07) is 11.6. The Bertz CT molecular complexity index is 1120. The number of aromatic nitrogens is 1. The molecule has 0 unspecified atom stereocenters. The number of piperidine rings is 1. The third kappa shape index (κ3) is 7.02. The molecule has 2 heterocycles. The highest BCUT2D eigenvalue weighted by molar-refractivity contribution is 5.77. The van der Waals surface area contributed by atoms with Crippen LogP contribution in [-0.2, 0) is 6.54 Å². The van der Waals surface area contributed by atoms with Crippen molar-refractivity contribution in [2.24, 2.45) is 0 Å². The fraction of sp³-hybridized carbons (Fsp3) is 0.462. The van der Waals surface area contributed by atoms with Gasteiger partial charge >= 0.3 is 6.16 Å². The Hall–Kier alpha value is -3.46. The summed E-state index contributed by atoms with van der Waals surface area (Å²) in [4.78, 5) is 17.6. The highest BCUT2D eigenvalue weighted by Crippen LogP contribution is 2.28. The van der Waals surface area contributed by atoms with Crippen molar-refractivity contribution in [1.82, 2.24) is 9.88 Å². The molecule has 0 radical (unpaired) electrons. The van der Waals surface area contributed by atoms with Gasteiger partial charge in [0.15, 0.2) is 5.58 Å². The fourth-order valence-electron chi connectivity index (χ4n) is 4.20. The largest absolute Gasteiger partial charge is 0.511 e. The first-order chi connectivity index (χ1) is 16.7. The Labute approximate surface area is 205 Å². The van der Waals surface area contributed by atoms with Crippen LogP contribution in [0.1, 0.15) is 46.1 Å². The van der Waals surface area contributed by atoms with Crippen LogP contribution in [0.25, 0.3) is 11.1 Å². The van der Waals surface area contributed by atoms with E-state index in [0.29, 0.717) is 17.1 Å². The van der Waals surface area contributed by atoms with Crippen LogP contribution in [-0.4, -0.2) is 52.5 Å². The fourth-order valence-corrected chi connectivity index (χ4v) is 4.20. The minimum absolute atomic E-state index is 0.0992. The van der Waals surface area contributed by atoms with Gasteiger partial charge in [-0.25, -0.2) is 4.79 Å². The highest BCUT2D eigenvalue weighted by atomic mass is 16.7. The molecule has 2 N–H and O–H groups in total. The topological polar surface area (TPSA) is 106 Å². The van der Waals surface area contributed by atoms with Crippen molar-refractivity contribution in [2.75, 3.05) is 18.4 Å². The molecule has 9 nitrogen and oxygen atoms in total. The SMILES string of the molecule is CC(C)Oc1cc(CN2CCC(Nc3nc4ccc(OC(=O)O)cc4o3)CC2)cc(OC(C)C)c1. The number of oxazole rings is 1. The van der Waals surface area contributed by atoms with Gasteiger partial charge in [-0.1, -0.05) is 0 Å². The molecule has 3 aromatic rings. The first-order valence-electron chi connectivity index (χ1n) is 12.0. The van der Waals surface area contributed by atoms with Crippen LogP contribution in [0.4, 0.5) is 10.8 Å². The third-order valence-electron chi connectivity index (χ3n) is 5.57. The minimum Gasteiger partial charge on any atom is -0.491 e. The van der Waals surface area contributed by atoms with Crippen molar-refractivity contribution >= 4 is 23.3 Å². The Morgan fingerprint density at radius 3 is 2.31 bits per heavy atom. The Morgan fingerprint density at radius 2 is 1.71 bits per heavy atom. The smallest absolute Gasteiger partial charge is 0.491 e. The van der Waals surface area contributed by atoms with Crippen LogP contribution < -0.4 is 19.5 Å². The lowest BCUT2D eigenvalue weighted by molar-refractivity contribution is 0.144. The quantitative estimate of drug-likeness (QED) is 0.300. The lowest BCUT2D eigenvalue weighted by Gasteiger charge is -2.32. The molecule has 0 saturated carbocycles. The number of likely N-dealkylation sites (tertiary alicyclic amines) is 1. The monoisotopic (exact) mass is 483 g/mol. The molecule has 1 aromatic heterocycles. The van der Waals surface area contributed by atoms with Gasteiger partial charge in [0.1, 0.15) is 22.8 Å². The molecule has 2 aromatic carbocycles. The van der Waals surface area contributed by atoms with E-state index in [4.69, 9.17) is 19.0 Å². The molecule has 0 spiro atoms. The number of ether oxygens (including phenoxy) is 3. The van der Waals surface area contributed by atoms with Gasteiger partial charge in [-0.3, -0.25) is 4.90 Å². The number of hydrogen-bond donors (Lipinski definition) is 2. The van der Waals surface area contributed by atoms with Gasteiger partial charge < -0.3 is 29.1 Å². The molecule has 0 atom stereocenters. The molecule has 1 aliphatic heterocycles. The number of fused-ring (bicyclic) bond motifs is 1. The van der Waals surface area contributed by atoms with E-state index >= 15 is 0 Å². The number of hydrogen-bond acceptors (Lipinski definition) is 8. The number of nitrogens with one attached hydrogen (secondary N) is 1. The predicted octanol–water partition coefficient (Wildman–Crippen LogP) is 5.54. The minimum atomic E-state index is -1.36. The predicted molar refractivity (Wildman–Crippen MR) is 133 cm³/mol. The molecule has 1 fully saturated rings. The van der Waals surface area contributed by atoms with E-state index in [0.717, 1.165) is 44.0 Å². The maximum absolute atomic E-state index is 10.7. The Morgan fingerprint density at radius 1 is 1.06 bits per heavy atom. The number of nitrogens with zero attached hydrogens (tertiary/aromatic N) is 2.